The first-order valence-electron chi connectivity index (χ1n) is 6.72. The summed E-state index contributed by atoms with van der Waals surface area (Å²) in [4.78, 5) is 2.50. The van der Waals surface area contributed by atoms with Gasteiger partial charge < -0.3 is 10.1 Å². The van der Waals surface area contributed by atoms with Gasteiger partial charge in [-0.05, 0) is 32.4 Å². The summed E-state index contributed by atoms with van der Waals surface area (Å²) in [6.45, 7) is 11.4. The van der Waals surface area contributed by atoms with Crippen molar-refractivity contribution < 1.29 is 4.74 Å². The molecule has 0 atom stereocenters. The molecule has 0 radical (unpaired) electrons. The van der Waals surface area contributed by atoms with Gasteiger partial charge in [0.1, 0.15) is 0 Å². The van der Waals surface area contributed by atoms with Gasteiger partial charge in [-0.15, -0.1) is 0 Å². The first-order chi connectivity index (χ1) is 8.59. The van der Waals surface area contributed by atoms with E-state index in [2.05, 4.69) is 55.3 Å². The fourth-order valence-corrected chi connectivity index (χ4v) is 2.40. The van der Waals surface area contributed by atoms with Crippen LogP contribution in [0.5, 0.6) is 0 Å². The van der Waals surface area contributed by atoms with Gasteiger partial charge in [0.15, 0.2) is 0 Å². The lowest BCUT2D eigenvalue weighted by Crippen LogP contribution is -2.54. The van der Waals surface area contributed by atoms with E-state index in [-0.39, 0.29) is 5.54 Å². The quantitative estimate of drug-likeness (QED) is 0.886. The monoisotopic (exact) mass is 248 g/mol. The minimum absolute atomic E-state index is 0.158. The maximum atomic E-state index is 5.54. The van der Waals surface area contributed by atoms with Gasteiger partial charge in [-0.25, -0.2) is 0 Å². The van der Waals surface area contributed by atoms with Crippen molar-refractivity contribution in [3.8, 4) is 0 Å². The van der Waals surface area contributed by atoms with Crippen LogP contribution in [0.2, 0.25) is 0 Å². The van der Waals surface area contributed by atoms with Crippen molar-refractivity contribution in [3.63, 3.8) is 0 Å². The number of benzene rings is 1. The molecule has 0 saturated carbocycles. The molecule has 1 N–H and O–H groups in total. The summed E-state index contributed by atoms with van der Waals surface area (Å²) in [6.07, 6.45) is 0. The van der Waals surface area contributed by atoms with Crippen molar-refractivity contribution in [2.75, 3.05) is 38.2 Å². The van der Waals surface area contributed by atoms with Crippen molar-refractivity contribution in [2.24, 2.45) is 0 Å². The number of ether oxygens (including phenoxy) is 1. The van der Waals surface area contributed by atoms with Crippen LogP contribution in [0.25, 0.3) is 0 Å². The Morgan fingerprint density at radius 3 is 2.83 bits per heavy atom. The average molecular weight is 248 g/mol. The molecule has 0 unspecified atom stereocenters. The summed E-state index contributed by atoms with van der Waals surface area (Å²) in [5.41, 5.74) is 2.70. The van der Waals surface area contributed by atoms with E-state index in [0.717, 1.165) is 32.8 Å². The minimum Gasteiger partial charge on any atom is -0.384 e. The molecule has 1 aliphatic heterocycles. The number of hydrogen-bond acceptors (Lipinski definition) is 3. The Balaban J connectivity index is 1.83. The second-order valence-electron chi connectivity index (χ2n) is 5.59. The molecule has 1 heterocycles. The first-order valence-corrected chi connectivity index (χ1v) is 6.72. The predicted molar refractivity (Wildman–Crippen MR) is 76.1 cm³/mol. The predicted octanol–water partition coefficient (Wildman–Crippen LogP) is 2.52. The Bertz CT molecular complexity index is 390. The van der Waals surface area contributed by atoms with E-state index in [9.17, 15) is 0 Å². The SMILES string of the molecule is Cc1ccccc1NCCN1CCOCC1(C)C. The fraction of sp³-hybridized carbons (Fsp3) is 0.600. The zero-order valence-electron chi connectivity index (χ0n) is 11.7. The van der Waals surface area contributed by atoms with Crippen LogP contribution in [-0.4, -0.2) is 43.3 Å². The van der Waals surface area contributed by atoms with Crippen molar-refractivity contribution in [1.29, 1.82) is 0 Å². The lowest BCUT2D eigenvalue weighted by Gasteiger charge is -2.42. The maximum Gasteiger partial charge on any atom is 0.0645 e. The van der Waals surface area contributed by atoms with Crippen LogP contribution in [-0.2, 0) is 4.74 Å². The van der Waals surface area contributed by atoms with Crippen LogP contribution in [0.3, 0.4) is 0 Å². The summed E-state index contributed by atoms with van der Waals surface area (Å²) in [5.74, 6) is 0. The second kappa shape index (κ2) is 5.72. The number of anilines is 1. The van der Waals surface area contributed by atoms with Crippen LogP contribution in [0.15, 0.2) is 24.3 Å². The summed E-state index contributed by atoms with van der Waals surface area (Å²) >= 11 is 0. The van der Waals surface area contributed by atoms with E-state index < -0.39 is 0 Å². The molecule has 100 valence electrons. The van der Waals surface area contributed by atoms with Gasteiger partial charge in [0.2, 0.25) is 0 Å². The number of aryl methyl sites for hydroxylation is 1. The van der Waals surface area contributed by atoms with E-state index in [0.29, 0.717) is 0 Å². The average Bonchev–Trinajstić information content (AvgIpc) is 2.33. The largest absolute Gasteiger partial charge is 0.384 e. The first kappa shape index (κ1) is 13.4. The molecule has 0 aliphatic carbocycles. The Labute approximate surface area is 110 Å². The molecule has 1 saturated heterocycles. The van der Waals surface area contributed by atoms with Gasteiger partial charge >= 0.3 is 0 Å². The van der Waals surface area contributed by atoms with Crippen molar-refractivity contribution >= 4 is 5.69 Å². The molecule has 0 amide bonds. The third-order valence-corrected chi connectivity index (χ3v) is 3.66. The van der Waals surface area contributed by atoms with Gasteiger partial charge in [-0.1, -0.05) is 18.2 Å². The van der Waals surface area contributed by atoms with Gasteiger partial charge in [0, 0.05) is 30.9 Å². The lowest BCUT2D eigenvalue weighted by molar-refractivity contribution is -0.0487. The number of hydrogen-bond donors (Lipinski definition) is 1. The summed E-state index contributed by atoms with van der Waals surface area (Å²) in [7, 11) is 0. The molecule has 1 aromatic carbocycles. The van der Waals surface area contributed by atoms with Crippen LogP contribution in [0.4, 0.5) is 5.69 Å². The number of para-hydroxylation sites is 1. The number of nitrogens with one attached hydrogen (secondary N) is 1. The second-order valence-corrected chi connectivity index (χ2v) is 5.59. The van der Waals surface area contributed by atoms with E-state index in [4.69, 9.17) is 4.74 Å². The molecule has 18 heavy (non-hydrogen) atoms. The molecule has 0 bridgehead atoms. The third-order valence-electron chi connectivity index (χ3n) is 3.66. The van der Waals surface area contributed by atoms with Gasteiger partial charge in [0.05, 0.1) is 13.2 Å². The lowest BCUT2D eigenvalue weighted by atomic mass is 10.0. The van der Waals surface area contributed by atoms with Crippen LogP contribution in [0, 0.1) is 6.92 Å². The Morgan fingerprint density at radius 2 is 2.11 bits per heavy atom. The summed E-state index contributed by atoms with van der Waals surface area (Å²) < 4.78 is 5.54. The normalized spacial score (nSPS) is 19.7. The highest BCUT2D eigenvalue weighted by molar-refractivity contribution is 5.50. The molecule has 1 aromatic rings. The zero-order chi connectivity index (χ0) is 13.0. The van der Waals surface area contributed by atoms with Crippen molar-refractivity contribution in [1.82, 2.24) is 4.90 Å². The zero-order valence-corrected chi connectivity index (χ0v) is 11.7. The minimum atomic E-state index is 0.158. The summed E-state index contributed by atoms with van der Waals surface area (Å²) in [5, 5.41) is 3.52. The third kappa shape index (κ3) is 3.24. The summed E-state index contributed by atoms with van der Waals surface area (Å²) in [6, 6.07) is 8.43. The highest BCUT2D eigenvalue weighted by Crippen LogP contribution is 2.18. The molecule has 3 nitrogen and oxygen atoms in total. The van der Waals surface area contributed by atoms with Crippen molar-refractivity contribution in [3.05, 3.63) is 29.8 Å². The number of morpholine rings is 1. The topological polar surface area (TPSA) is 24.5 Å². The van der Waals surface area contributed by atoms with Gasteiger partial charge in [-0.3, -0.25) is 4.90 Å². The van der Waals surface area contributed by atoms with E-state index in [1.807, 2.05) is 0 Å². The molecule has 3 heteroatoms. The molecule has 1 fully saturated rings. The number of nitrogens with zero attached hydrogens (tertiary/aromatic N) is 1. The number of rotatable bonds is 4. The Morgan fingerprint density at radius 1 is 1.33 bits per heavy atom. The molecule has 2 rings (SSSR count). The van der Waals surface area contributed by atoms with E-state index >= 15 is 0 Å². The van der Waals surface area contributed by atoms with E-state index in [1.165, 1.54) is 11.3 Å². The molecular weight excluding hydrogens is 224 g/mol. The molecular formula is C15H24N2O. The standard InChI is InChI=1S/C15H24N2O/c1-13-6-4-5-7-14(13)16-8-9-17-10-11-18-12-15(17,2)3/h4-7,16H,8-12H2,1-3H3. The Hall–Kier alpha value is -1.06. The van der Waals surface area contributed by atoms with E-state index in [1.54, 1.807) is 0 Å². The maximum absolute atomic E-state index is 5.54. The van der Waals surface area contributed by atoms with Crippen molar-refractivity contribution in [2.45, 2.75) is 26.3 Å². The highest BCUT2D eigenvalue weighted by Gasteiger charge is 2.29. The van der Waals surface area contributed by atoms with Crippen LogP contribution >= 0.6 is 0 Å². The van der Waals surface area contributed by atoms with Gasteiger partial charge in [0.25, 0.3) is 0 Å². The molecule has 0 spiro atoms. The molecule has 1 aliphatic rings. The van der Waals surface area contributed by atoms with Crippen LogP contribution < -0.4 is 5.32 Å². The smallest absolute Gasteiger partial charge is 0.0645 e. The Kier molecular flexibility index (Phi) is 4.25. The highest BCUT2D eigenvalue weighted by atomic mass is 16.5. The van der Waals surface area contributed by atoms with Gasteiger partial charge in [-0.2, -0.15) is 0 Å². The molecule has 0 aromatic heterocycles. The van der Waals surface area contributed by atoms with Crippen LogP contribution in [0.1, 0.15) is 19.4 Å². The fourth-order valence-electron chi connectivity index (χ4n) is 2.40.